The lowest BCUT2D eigenvalue weighted by Crippen LogP contribution is -2.31. The molecule has 0 bridgehead atoms. The molecule has 1 aliphatic rings. The number of nitrogens with zero attached hydrogens (tertiary/aromatic N) is 1. The maximum Gasteiger partial charge on any atom is 0.0394 e. The van der Waals surface area contributed by atoms with Crippen molar-refractivity contribution in [3.63, 3.8) is 0 Å². The van der Waals surface area contributed by atoms with Crippen LogP contribution in [0.1, 0.15) is 17.0 Å². The van der Waals surface area contributed by atoms with E-state index in [0.29, 0.717) is 13.1 Å². The second kappa shape index (κ2) is 2.46. The highest BCUT2D eigenvalue weighted by Crippen LogP contribution is 2.12. The molecule has 0 aromatic carbocycles. The summed E-state index contributed by atoms with van der Waals surface area (Å²) < 4.78 is 21.5. The van der Waals surface area contributed by atoms with Crippen molar-refractivity contribution in [1.29, 1.82) is 0 Å². The average Bonchev–Trinajstić information content (AvgIpc) is 2.31. The second-order valence-corrected chi connectivity index (χ2v) is 2.23. The highest BCUT2D eigenvalue weighted by atomic mass is 15.2. The molecule has 8 heavy (non-hydrogen) atoms. The van der Waals surface area contributed by atoms with Crippen LogP contribution >= 0.6 is 0 Å². The van der Waals surface area contributed by atoms with Crippen molar-refractivity contribution in [3.8, 4) is 0 Å². The lowest BCUT2D eigenvalue weighted by atomic mass is 10.2. The summed E-state index contributed by atoms with van der Waals surface area (Å²) in [6.45, 7) is -0.822. The van der Waals surface area contributed by atoms with Crippen molar-refractivity contribution in [1.82, 2.24) is 4.90 Å². The Morgan fingerprint density at radius 2 is 2.88 bits per heavy atom. The summed E-state index contributed by atoms with van der Waals surface area (Å²) in [5.74, 6) is 0. The Morgan fingerprint density at radius 3 is 3.38 bits per heavy atom. The quantitative estimate of drug-likeness (QED) is 0.525. The first-order valence-electron chi connectivity index (χ1n) is 4.52. The minimum Gasteiger partial charge on any atom is -0.329 e. The Kier molecular flexibility index (Phi) is 0.980. The number of nitrogens with two attached hydrogens (primary N) is 1. The van der Waals surface area contributed by atoms with Gasteiger partial charge in [0, 0.05) is 16.7 Å². The maximum atomic E-state index is 7.17. The molecule has 0 aromatic heterocycles. The van der Waals surface area contributed by atoms with Gasteiger partial charge in [-0.25, -0.2) is 0 Å². The van der Waals surface area contributed by atoms with Gasteiger partial charge in [-0.05, 0) is 26.4 Å². The van der Waals surface area contributed by atoms with Crippen molar-refractivity contribution in [2.45, 2.75) is 18.9 Å². The molecule has 1 fully saturated rings. The van der Waals surface area contributed by atoms with E-state index in [1.807, 2.05) is 0 Å². The molecule has 2 N–H and O–H groups in total. The molecular formula is C6H14N2. The Labute approximate surface area is 54.9 Å². The van der Waals surface area contributed by atoms with Crippen molar-refractivity contribution in [2.75, 3.05) is 20.1 Å². The van der Waals surface area contributed by atoms with Gasteiger partial charge in [-0.1, -0.05) is 0 Å². The predicted octanol–water partition coefficient (Wildman–Crippen LogP) is 0.0393. The molecule has 1 aliphatic heterocycles. The van der Waals surface area contributed by atoms with Crippen molar-refractivity contribution < 1.29 is 4.11 Å². The Morgan fingerprint density at radius 1 is 2.00 bits per heavy atom. The lowest BCUT2D eigenvalue weighted by molar-refractivity contribution is 0.317. The van der Waals surface area contributed by atoms with E-state index in [2.05, 4.69) is 0 Å². The van der Waals surface area contributed by atoms with Gasteiger partial charge < -0.3 is 10.6 Å². The van der Waals surface area contributed by atoms with Crippen LogP contribution in [0.4, 0.5) is 0 Å². The zero-order valence-corrected chi connectivity index (χ0v) is 4.93. The van der Waals surface area contributed by atoms with E-state index in [0.717, 1.165) is 12.8 Å². The number of hydrogen-bond acceptors (Lipinski definition) is 2. The van der Waals surface area contributed by atoms with Gasteiger partial charge in [0.2, 0.25) is 0 Å². The van der Waals surface area contributed by atoms with Gasteiger partial charge in [0.15, 0.2) is 0 Å². The highest BCUT2D eigenvalue weighted by Gasteiger charge is 2.17. The summed E-state index contributed by atoms with van der Waals surface area (Å²) in [6.07, 6.45) is 1.88. The van der Waals surface area contributed by atoms with Crippen molar-refractivity contribution >= 4 is 0 Å². The van der Waals surface area contributed by atoms with E-state index in [9.17, 15) is 0 Å². The molecule has 1 heterocycles. The second-order valence-electron chi connectivity index (χ2n) is 2.23. The van der Waals surface area contributed by atoms with Crippen LogP contribution in [0, 0.1) is 0 Å². The Hall–Kier alpha value is -0.0800. The molecule has 2 nitrogen and oxygen atoms in total. The monoisotopic (exact) mass is 117 g/mol. The summed E-state index contributed by atoms with van der Waals surface area (Å²) in [7, 11) is 0. The van der Waals surface area contributed by atoms with Crippen LogP contribution in [0.15, 0.2) is 0 Å². The van der Waals surface area contributed by atoms with Gasteiger partial charge >= 0.3 is 0 Å². The van der Waals surface area contributed by atoms with E-state index < -0.39 is 6.98 Å². The van der Waals surface area contributed by atoms with Crippen LogP contribution in [0.3, 0.4) is 0 Å². The molecule has 0 amide bonds. The van der Waals surface area contributed by atoms with Crippen LogP contribution in [0.5, 0.6) is 0 Å². The fourth-order valence-electron chi connectivity index (χ4n) is 1.08. The third-order valence-electron chi connectivity index (χ3n) is 1.65. The largest absolute Gasteiger partial charge is 0.329 e. The first-order chi connectivity index (χ1) is 5.05. The fourth-order valence-corrected chi connectivity index (χ4v) is 1.08. The first-order valence-corrected chi connectivity index (χ1v) is 3.02. The molecule has 0 spiro atoms. The van der Waals surface area contributed by atoms with Gasteiger partial charge in [-0.3, -0.25) is 0 Å². The first kappa shape index (κ1) is 3.18. The Bertz CT molecular complexity index is 134. The lowest BCUT2D eigenvalue weighted by Gasteiger charge is -2.15. The molecule has 0 aromatic rings. The number of hydrogen-bond donors (Lipinski definition) is 1. The number of rotatable bonds is 1. The number of likely N-dealkylation sites (tertiary alicyclic amines) is 1. The molecule has 0 unspecified atom stereocenters. The van der Waals surface area contributed by atoms with E-state index in [1.165, 1.54) is 4.90 Å². The van der Waals surface area contributed by atoms with Crippen molar-refractivity contribution in [2.24, 2.45) is 5.73 Å². The van der Waals surface area contributed by atoms with Gasteiger partial charge in [0.1, 0.15) is 0 Å². The Balaban J connectivity index is 2.57. The minimum atomic E-state index is -1.94. The maximum absolute atomic E-state index is 7.17. The predicted molar refractivity (Wildman–Crippen MR) is 34.7 cm³/mol. The molecule has 48 valence electrons. The summed E-state index contributed by atoms with van der Waals surface area (Å²) in [6, 6.07) is 0.0718. The van der Waals surface area contributed by atoms with E-state index in [1.54, 1.807) is 0 Å². The minimum absolute atomic E-state index is 0.0718. The standard InChI is InChI=1S/C6H14N2/c1-8-4-2-3-6(8)5-7/h6H,2-5,7H2,1H3/t6-/m1/s1/i1D3. The molecule has 0 aliphatic carbocycles. The van der Waals surface area contributed by atoms with Gasteiger partial charge in [0.25, 0.3) is 0 Å². The molecule has 1 rings (SSSR count). The normalized spacial score (nSPS) is 38.6. The van der Waals surface area contributed by atoms with Gasteiger partial charge in [0.05, 0.1) is 0 Å². The molecule has 0 saturated carbocycles. The highest BCUT2D eigenvalue weighted by molar-refractivity contribution is 4.76. The third kappa shape index (κ3) is 1.01. The molecule has 0 radical (unpaired) electrons. The zero-order valence-electron chi connectivity index (χ0n) is 7.93. The van der Waals surface area contributed by atoms with E-state index >= 15 is 0 Å². The molecule has 2 heteroatoms. The van der Waals surface area contributed by atoms with Gasteiger partial charge in [-0.2, -0.15) is 0 Å². The fraction of sp³-hybridized carbons (Fsp3) is 1.00. The number of likely N-dealkylation sites (N-methyl/N-ethyl adjacent to an activating group) is 1. The zero-order chi connectivity index (χ0) is 8.48. The third-order valence-corrected chi connectivity index (χ3v) is 1.65. The summed E-state index contributed by atoms with van der Waals surface area (Å²) >= 11 is 0. The molecule has 1 atom stereocenters. The molecular weight excluding hydrogens is 100 g/mol. The topological polar surface area (TPSA) is 29.3 Å². The van der Waals surface area contributed by atoms with E-state index in [4.69, 9.17) is 9.85 Å². The summed E-state index contributed by atoms with van der Waals surface area (Å²) in [5.41, 5.74) is 5.43. The van der Waals surface area contributed by atoms with Crippen molar-refractivity contribution in [3.05, 3.63) is 0 Å². The van der Waals surface area contributed by atoms with E-state index in [-0.39, 0.29) is 6.04 Å². The average molecular weight is 117 g/mol. The summed E-state index contributed by atoms with van der Waals surface area (Å²) in [5, 5.41) is 0. The smallest absolute Gasteiger partial charge is 0.0394 e. The summed E-state index contributed by atoms with van der Waals surface area (Å²) in [4.78, 5) is 1.52. The van der Waals surface area contributed by atoms with Crippen LogP contribution in [-0.4, -0.2) is 31.0 Å². The SMILES string of the molecule is [2H]C([2H])([2H])N1CCC[C@@H]1CN. The van der Waals surface area contributed by atoms with Gasteiger partial charge in [-0.15, -0.1) is 0 Å². The van der Waals surface area contributed by atoms with Crippen LogP contribution in [0.2, 0.25) is 0 Å². The van der Waals surface area contributed by atoms with Crippen LogP contribution in [0.25, 0.3) is 0 Å². The molecule has 1 saturated heterocycles. The van der Waals surface area contributed by atoms with Crippen LogP contribution in [-0.2, 0) is 0 Å². The van der Waals surface area contributed by atoms with Crippen LogP contribution < -0.4 is 5.73 Å².